The van der Waals surface area contributed by atoms with Crippen molar-refractivity contribution in [1.29, 1.82) is 0 Å². The van der Waals surface area contributed by atoms with Crippen molar-refractivity contribution in [3.05, 3.63) is 47.4 Å². The van der Waals surface area contributed by atoms with E-state index in [1.54, 1.807) is 6.07 Å². The first kappa shape index (κ1) is 23.7. The normalized spacial score (nSPS) is 17.0. The minimum atomic E-state index is -1.08. The van der Waals surface area contributed by atoms with E-state index in [9.17, 15) is 14.4 Å². The van der Waals surface area contributed by atoms with Crippen LogP contribution in [0.25, 0.3) is 11.1 Å². The molecule has 1 N–H and O–H groups in total. The van der Waals surface area contributed by atoms with Gasteiger partial charge in [0.05, 0.1) is 6.04 Å². The van der Waals surface area contributed by atoms with Gasteiger partial charge in [-0.1, -0.05) is 43.7 Å². The number of benzene rings is 1. The van der Waals surface area contributed by atoms with E-state index >= 15 is 0 Å². The van der Waals surface area contributed by atoms with Gasteiger partial charge in [-0.15, -0.1) is 0 Å². The minimum absolute atomic E-state index is 0.0161. The van der Waals surface area contributed by atoms with Crippen molar-refractivity contribution in [3.8, 4) is 11.1 Å². The number of cyclic esters (lactones) is 1. The monoisotopic (exact) mass is 441 g/mol. The molecule has 2 heterocycles. The highest BCUT2D eigenvalue weighted by atomic mass is 16.6. The van der Waals surface area contributed by atoms with Gasteiger partial charge in [-0.25, -0.2) is 9.69 Å². The molecule has 0 radical (unpaired) electrons. The zero-order valence-corrected chi connectivity index (χ0v) is 19.1. The number of unbranched alkanes of at least 4 members (excludes halogenated alkanes) is 1. The Hall–Kier alpha value is -2.93. The molecule has 1 aromatic carbocycles. The van der Waals surface area contributed by atoms with Crippen LogP contribution in [0.15, 0.2) is 34.7 Å². The van der Waals surface area contributed by atoms with Gasteiger partial charge >= 0.3 is 6.09 Å². The Balaban J connectivity index is 1.89. The molecule has 1 aromatic heterocycles. The van der Waals surface area contributed by atoms with Crippen LogP contribution in [-0.2, 0) is 16.0 Å². The van der Waals surface area contributed by atoms with Gasteiger partial charge in [0.1, 0.15) is 18.3 Å². The number of aryl methyl sites for hydroxylation is 2. The Morgan fingerprint density at radius 1 is 1.19 bits per heavy atom. The van der Waals surface area contributed by atoms with Crippen molar-refractivity contribution in [1.82, 2.24) is 4.90 Å². The third-order valence-electron chi connectivity index (χ3n) is 5.87. The molecule has 7 nitrogen and oxygen atoms in total. The third kappa shape index (κ3) is 4.93. The number of ether oxygens (including phenoxy) is 1. The number of nitrogens with zero attached hydrogens (tertiary/aromatic N) is 1. The SMILES string of the molecule is Cc1cccc(-c2cc(C(=O)C(C)C(=O)N3C(=O)OCC3C(C)C)oc2CCCCO)c1. The van der Waals surface area contributed by atoms with Crippen LogP contribution in [0, 0.1) is 18.8 Å². The first-order chi connectivity index (χ1) is 15.2. The van der Waals surface area contributed by atoms with E-state index in [2.05, 4.69) is 0 Å². The Labute approximate surface area is 188 Å². The molecule has 1 saturated heterocycles. The van der Waals surface area contributed by atoms with E-state index in [1.807, 2.05) is 45.0 Å². The zero-order valence-electron chi connectivity index (χ0n) is 19.1. The molecule has 2 amide bonds. The molecule has 2 aromatic rings. The van der Waals surface area contributed by atoms with Gasteiger partial charge < -0.3 is 14.3 Å². The van der Waals surface area contributed by atoms with Crippen molar-refractivity contribution in [3.63, 3.8) is 0 Å². The zero-order chi connectivity index (χ0) is 23.4. The predicted octanol–water partition coefficient (Wildman–Crippen LogP) is 4.39. The number of hydrogen-bond donors (Lipinski definition) is 1. The number of furan rings is 1. The summed E-state index contributed by atoms with van der Waals surface area (Å²) in [7, 11) is 0. The average molecular weight is 442 g/mol. The van der Waals surface area contributed by atoms with Gasteiger partial charge in [0.15, 0.2) is 5.76 Å². The van der Waals surface area contributed by atoms with Crippen molar-refractivity contribution in [2.45, 2.75) is 53.0 Å². The third-order valence-corrected chi connectivity index (χ3v) is 5.87. The Bertz CT molecular complexity index is 992. The number of carbonyl (C=O) groups excluding carboxylic acids is 3. The lowest BCUT2D eigenvalue weighted by atomic mass is 9.98. The molecule has 3 rings (SSSR count). The van der Waals surface area contributed by atoms with Gasteiger partial charge in [0.2, 0.25) is 11.7 Å². The lowest BCUT2D eigenvalue weighted by Crippen LogP contribution is -2.45. The van der Waals surface area contributed by atoms with Gasteiger partial charge in [0, 0.05) is 18.6 Å². The van der Waals surface area contributed by atoms with Crippen LogP contribution in [0.2, 0.25) is 0 Å². The van der Waals surface area contributed by atoms with Crippen molar-refractivity contribution >= 4 is 17.8 Å². The molecule has 1 fully saturated rings. The molecule has 32 heavy (non-hydrogen) atoms. The minimum Gasteiger partial charge on any atom is -0.457 e. The summed E-state index contributed by atoms with van der Waals surface area (Å²) in [6.07, 6.45) is 1.19. The smallest absolute Gasteiger partial charge is 0.417 e. The van der Waals surface area contributed by atoms with Crippen LogP contribution in [0.4, 0.5) is 4.79 Å². The summed E-state index contributed by atoms with van der Waals surface area (Å²) in [5.41, 5.74) is 2.80. The molecule has 2 unspecified atom stereocenters. The molecule has 0 spiro atoms. The lowest BCUT2D eigenvalue weighted by Gasteiger charge is -2.24. The molecular formula is C25H31NO6. The summed E-state index contributed by atoms with van der Waals surface area (Å²) in [6.45, 7) is 7.50. The summed E-state index contributed by atoms with van der Waals surface area (Å²) >= 11 is 0. The van der Waals surface area contributed by atoms with Crippen LogP contribution in [0.5, 0.6) is 0 Å². The summed E-state index contributed by atoms with van der Waals surface area (Å²) < 4.78 is 11.0. The number of rotatable bonds is 9. The molecule has 172 valence electrons. The van der Waals surface area contributed by atoms with E-state index in [1.165, 1.54) is 6.92 Å². The van der Waals surface area contributed by atoms with Gasteiger partial charge in [-0.3, -0.25) is 9.59 Å². The summed E-state index contributed by atoms with van der Waals surface area (Å²) in [5.74, 6) is -1.38. The Morgan fingerprint density at radius 3 is 2.59 bits per heavy atom. The Morgan fingerprint density at radius 2 is 1.94 bits per heavy atom. The predicted molar refractivity (Wildman–Crippen MR) is 119 cm³/mol. The lowest BCUT2D eigenvalue weighted by molar-refractivity contribution is -0.132. The van der Waals surface area contributed by atoms with Crippen LogP contribution in [0.1, 0.15) is 55.5 Å². The summed E-state index contributed by atoms with van der Waals surface area (Å²) in [5, 5.41) is 9.12. The van der Waals surface area contributed by atoms with Gasteiger partial charge in [-0.05, 0) is 44.2 Å². The maximum Gasteiger partial charge on any atom is 0.417 e. The molecule has 0 aliphatic carbocycles. The number of aliphatic hydroxyl groups excluding tert-OH is 1. The van der Waals surface area contributed by atoms with Gasteiger partial charge in [0.25, 0.3) is 0 Å². The molecule has 0 saturated carbocycles. The molecule has 1 aliphatic rings. The van der Waals surface area contributed by atoms with Crippen LogP contribution < -0.4 is 0 Å². The number of imide groups is 1. The van der Waals surface area contributed by atoms with Crippen LogP contribution in [0.3, 0.4) is 0 Å². The second-order valence-electron chi connectivity index (χ2n) is 8.68. The Kier molecular flexibility index (Phi) is 7.51. The number of Topliss-reactive ketones (excluding diaryl/α,β-unsaturated/α-hetero) is 1. The number of carbonyl (C=O) groups is 3. The maximum atomic E-state index is 13.2. The fraction of sp³-hybridized carbons (Fsp3) is 0.480. The first-order valence-corrected chi connectivity index (χ1v) is 11.1. The molecule has 0 bridgehead atoms. The fourth-order valence-electron chi connectivity index (χ4n) is 3.90. The van der Waals surface area contributed by atoms with E-state index in [0.29, 0.717) is 25.0 Å². The maximum absolute atomic E-state index is 13.2. The molecule has 2 atom stereocenters. The topological polar surface area (TPSA) is 97.1 Å². The van der Waals surface area contributed by atoms with E-state index in [0.717, 1.165) is 21.6 Å². The van der Waals surface area contributed by atoms with Crippen LogP contribution in [-0.4, -0.2) is 47.0 Å². The molecular weight excluding hydrogens is 410 g/mol. The number of hydrogen-bond acceptors (Lipinski definition) is 6. The molecule has 7 heteroatoms. The largest absolute Gasteiger partial charge is 0.457 e. The number of ketones is 1. The van der Waals surface area contributed by atoms with Crippen molar-refractivity contribution in [2.24, 2.45) is 11.8 Å². The van der Waals surface area contributed by atoms with Crippen molar-refractivity contribution < 1.29 is 28.6 Å². The highest BCUT2D eigenvalue weighted by Crippen LogP contribution is 2.31. The quantitative estimate of drug-likeness (QED) is 0.352. The number of aliphatic hydroxyl groups is 1. The molecule has 1 aliphatic heterocycles. The highest BCUT2D eigenvalue weighted by Gasteiger charge is 2.43. The average Bonchev–Trinajstić information content (AvgIpc) is 3.36. The first-order valence-electron chi connectivity index (χ1n) is 11.1. The van der Waals surface area contributed by atoms with Gasteiger partial charge in [-0.2, -0.15) is 0 Å². The second kappa shape index (κ2) is 10.1. The highest BCUT2D eigenvalue weighted by molar-refractivity contribution is 6.12. The van der Waals surface area contributed by atoms with Crippen LogP contribution >= 0.6 is 0 Å². The summed E-state index contributed by atoms with van der Waals surface area (Å²) in [4.78, 5) is 39.4. The van der Waals surface area contributed by atoms with E-state index in [-0.39, 0.29) is 24.9 Å². The second-order valence-corrected chi connectivity index (χ2v) is 8.68. The van der Waals surface area contributed by atoms with E-state index in [4.69, 9.17) is 14.3 Å². The van der Waals surface area contributed by atoms with Crippen molar-refractivity contribution in [2.75, 3.05) is 13.2 Å². The number of amides is 2. The fourth-order valence-corrected chi connectivity index (χ4v) is 3.90. The summed E-state index contributed by atoms with van der Waals surface area (Å²) in [6, 6.07) is 9.17. The van der Waals surface area contributed by atoms with E-state index < -0.39 is 29.7 Å². The standard InChI is InChI=1S/C25H31NO6/c1-15(2)20-14-31-25(30)26(20)24(29)17(4)23(28)22-13-19(18-9-7-8-16(3)12-18)21(32-22)10-5-6-11-27/h7-9,12-13,15,17,20,27H,5-6,10-11,14H2,1-4H3.